The topological polar surface area (TPSA) is 74.1 Å². The molecule has 0 saturated heterocycles. The van der Waals surface area contributed by atoms with Crippen LogP contribution < -0.4 is 5.76 Å². The first-order chi connectivity index (χ1) is 11.2. The third-order valence-corrected chi connectivity index (χ3v) is 4.44. The van der Waals surface area contributed by atoms with Gasteiger partial charge in [-0.2, -0.15) is 4.98 Å². The van der Waals surface area contributed by atoms with Gasteiger partial charge in [0.1, 0.15) is 0 Å². The summed E-state index contributed by atoms with van der Waals surface area (Å²) >= 11 is 1.54. The van der Waals surface area contributed by atoms with Gasteiger partial charge in [0, 0.05) is 13.0 Å². The molecule has 0 N–H and O–H groups in total. The van der Waals surface area contributed by atoms with Crippen molar-refractivity contribution in [1.82, 2.24) is 14.7 Å². The van der Waals surface area contributed by atoms with E-state index in [9.17, 15) is 4.79 Å². The lowest BCUT2D eigenvalue weighted by molar-refractivity contribution is 0.420. The minimum Gasteiger partial charge on any atom is -0.408 e. The van der Waals surface area contributed by atoms with E-state index in [1.807, 2.05) is 42.6 Å². The van der Waals surface area contributed by atoms with Crippen molar-refractivity contribution in [2.24, 2.45) is 0 Å². The molecule has 1 aromatic carbocycles. The van der Waals surface area contributed by atoms with Crippen LogP contribution in [0.15, 0.2) is 49.4 Å². The molecule has 0 spiro atoms. The monoisotopic (exact) mass is 327 g/mol. The van der Waals surface area contributed by atoms with Gasteiger partial charge in [0.05, 0.1) is 10.4 Å². The molecule has 23 heavy (non-hydrogen) atoms. The van der Waals surface area contributed by atoms with Gasteiger partial charge >= 0.3 is 5.76 Å². The average molecular weight is 327 g/mol. The molecule has 4 aromatic rings. The zero-order valence-corrected chi connectivity index (χ0v) is 13.2. The van der Waals surface area contributed by atoms with E-state index in [1.54, 1.807) is 15.9 Å². The van der Waals surface area contributed by atoms with Gasteiger partial charge in [-0.1, -0.05) is 17.3 Å². The van der Waals surface area contributed by atoms with E-state index in [-0.39, 0.29) is 5.76 Å². The first-order valence-corrected chi connectivity index (χ1v) is 8.05. The molecular formula is C16H13N3O3S. The molecule has 0 atom stereocenters. The summed E-state index contributed by atoms with van der Waals surface area (Å²) < 4.78 is 12.1. The largest absolute Gasteiger partial charge is 0.419 e. The van der Waals surface area contributed by atoms with Crippen molar-refractivity contribution in [3.63, 3.8) is 0 Å². The maximum absolute atomic E-state index is 12.0. The Morgan fingerprint density at radius 1 is 1.30 bits per heavy atom. The van der Waals surface area contributed by atoms with Crippen molar-refractivity contribution in [2.75, 3.05) is 0 Å². The van der Waals surface area contributed by atoms with Crippen LogP contribution in [0.5, 0.6) is 0 Å². The first kappa shape index (κ1) is 14.0. The quantitative estimate of drug-likeness (QED) is 0.575. The molecule has 116 valence electrons. The van der Waals surface area contributed by atoms with Crippen molar-refractivity contribution < 1.29 is 8.94 Å². The van der Waals surface area contributed by atoms with E-state index < -0.39 is 0 Å². The lowest BCUT2D eigenvalue weighted by Crippen LogP contribution is -2.16. The van der Waals surface area contributed by atoms with Gasteiger partial charge in [0.25, 0.3) is 5.89 Å². The number of aryl methyl sites for hydroxylation is 3. The van der Waals surface area contributed by atoms with Crippen LogP contribution in [0.1, 0.15) is 11.4 Å². The third-order valence-electron chi connectivity index (χ3n) is 3.58. The maximum Gasteiger partial charge on any atom is 0.419 e. The Balaban J connectivity index is 1.59. The Morgan fingerprint density at radius 2 is 2.22 bits per heavy atom. The second kappa shape index (κ2) is 5.51. The summed E-state index contributed by atoms with van der Waals surface area (Å²) in [4.78, 5) is 17.3. The van der Waals surface area contributed by atoms with E-state index in [0.717, 1.165) is 16.0 Å². The lowest BCUT2D eigenvalue weighted by atomic mass is 10.2. The Morgan fingerprint density at radius 3 is 3.04 bits per heavy atom. The summed E-state index contributed by atoms with van der Waals surface area (Å²) in [5, 5.41) is 5.93. The summed E-state index contributed by atoms with van der Waals surface area (Å²) in [6.07, 6.45) is 0.497. The molecule has 3 heterocycles. The number of oxazole rings is 1. The molecule has 0 aliphatic heterocycles. The highest BCUT2D eigenvalue weighted by Gasteiger charge is 2.13. The van der Waals surface area contributed by atoms with Crippen molar-refractivity contribution in [3.05, 3.63) is 57.7 Å². The highest BCUT2D eigenvalue weighted by Crippen LogP contribution is 2.22. The van der Waals surface area contributed by atoms with E-state index in [0.29, 0.717) is 30.3 Å². The van der Waals surface area contributed by atoms with Crippen LogP contribution in [-0.4, -0.2) is 14.7 Å². The molecule has 0 radical (unpaired) electrons. The van der Waals surface area contributed by atoms with Gasteiger partial charge < -0.3 is 8.94 Å². The predicted molar refractivity (Wildman–Crippen MR) is 86.5 cm³/mol. The van der Waals surface area contributed by atoms with E-state index in [1.165, 1.54) is 0 Å². The number of benzene rings is 1. The second-order valence-electron chi connectivity index (χ2n) is 5.23. The molecule has 0 bridgehead atoms. The summed E-state index contributed by atoms with van der Waals surface area (Å²) in [7, 11) is 0. The molecule has 0 amide bonds. The fourth-order valence-corrected chi connectivity index (χ4v) is 3.10. The smallest absolute Gasteiger partial charge is 0.408 e. The molecule has 0 aliphatic rings. The van der Waals surface area contributed by atoms with E-state index in [4.69, 9.17) is 8.94 Å². The van der Waals surface area contributed by atoms with Crippen LogP contribution in [0.3, 0.4) is 0 Å². The van der Waals surface area contributed by atoms with Crippen LogP contribution in [0.2, 0.25) is 0 Å². The maximum atomic E-state index is 12.0. The first-order valence-electron chi connectivity index (χ1n) is 7.17. The number of thiophene rings is 1. The van der Waals surface area contributed by atoms with Crippen molar-refractivity contribution >= 4 is 22.4 Å². The zero-order chi connectivity index (χ0) is 15.8. The van der Waals surface area contributed by atoms with Gasteiger partial charge in [-0.15, -0.1) is 11.3 Å². The Labute approximate surface area is 135 Å². The summed E-state index contributed by atoms with van der Waals surface area (Å²) in [6.45, 7) is 2.42. The number of nitrogens with zero attached hydrogens (tertiary/aromatic N) is 3. The molecule has 0 saturated carbocycles. The van der Waals surface area contributed by atoms with Crippen molar-refractivity contribution in [1.29, 1.82) is 0 Å². The fraction of sp³-hybridized carbons (Fsp3) is 0.188. The molecule has 0 aliphatic carbocycles. The minimum absolute atomic E-state index is 0.368. The number of rotatable bonds is 4. The molecule has 0 unspecified atom stereocenters. The highest BCUT2D eigenvalue weighted by molar-refractivity contribution is 7.13. The van der Waals surface area contributed by atoms with E-state index >= 15 is 0 Å². The van der Waals surface area contributed by atoms with Crippen LogP contribution >= 0.6 is 11.3 Å². The molecule has 3 aromatic heterocycles. The van der Waals surface area contributed by atoms with Crippen molar-refractivity contribution in [3.8, 4) is 10.8 Å². The number of hydrogen-bond acceptors (Lipinski definition) is 6. The SMILES string of the molecule is Cc1ccc2oc(=O)n(CCc3noc(-c4cccs4)n3)c2c1. The standard InChI is InChI=1S/C16H13N3O3S/c1-10-4-5-12-11(9-10)19(16(20)21-12)7-6-14-17-15(22-18-14)13-3-2-8-23-13/h2-5,8-9H,6-7H2,1H3. The van der Waals surface area contributed by atoms with Crippen molar-refractivity contribution in [2.45, 2.75) is 19.9 Å². The second-order valence-corrected chi connectivity index (χ2v) is 6.18. The number of hydrogen-bond donors (Lipinski definition) is 0. The van der Waals surface area contributed by atoms with Crippen LogP contribution in [-0.2, 0) is 13.0 Å². The van der Waals surface area contributed by atoms with Gasteiger partial charge in [0.15, 0.2) is 11.4 Å². The Hall–Kier alpha value is -2.67. The number of fused-ring (bicyclic) bond motifs is 1. The van der Waals surface area contributed by atoms with Crippen LogP contribution in [0.25, 0.3) is 21.9 Å². The number of aromatic nitrogens is 3. The molecule has 6 nitrogen and oxygen atoms in total. The van der Waals surface area contributed by atoms with Crippen LogP contribution in [0.4, 0.5) is 0 Å². The van der Waals surface area contributed by atoms with Gasteiger partial charge in [-0.3, -0.25) is 4.57 Å². The Bertz CT molecular complexity index is 1010. The predicted octanol–water partition coefficient (Wildman–Crippen LogP) is 3.26. The highest BCUT2D eigenvalue weighted by atomic mass is 32.1. The minimum atomic E-state index is -0.368. The average Bonchev–Trinajstić information content (AvgIpc) is 3.24. The normalized spacial score (nSPS) is 11.3. The molecule has 0 fully saturated rings. The van der Waals surface area contributed by atoms with Gasteiger partial charge in [-0.25, -0.2) is 4.79 Å². The third kappa shape index (κ3) is 2.59. The zero-order valence-electron chi connectivity index (χ0n) is 12.4. The Kier molecular flexibility index (Phi) is 3.34. The van der Waals surface area contributed by atoms with Gasteiger partial charge in [-0.05, 0) is 36.1 Å². The summed E-state index contributed by atoms with van der Waals surface area (Å²) in [5.74, 6) is 0.713. The molecular weight excluding hydrogens is 314 g/mol. The fourth-order valence-electron chi connectivity index (χ4n) is 2.45. The molecule has 4 rings (SSSR count). The summed E-state index contributed by atoms with van der Waals surface area (Å²) in [6, 6.07) is 9.53. The summed E-state index contributed by atoms with van der Waals surface area (Å²) in [5.41, 5.74) is 2.46. The van der Waals surface area contributed by atoms with Crippen LogP contribution in [0, 0.1) is 6.92 Å². The van der Waals surface area contributed by atoms with Gasteiger partial charge in [0.2, 0.25) is 0 Å². The van der Waals surface area contributed by atoms with E-state index in [2.05, 4.69) is 10.1 Å². The molecule has 7 heteroatoms. The lowest BCUT2D eigenvalue weighted by Gasteiger charge is -1.99.